The molecule has 9 heteroatoms. The molecule has 3 aromatic rings. The minimum absolute atomic E-state index is 0.198. The van der Waals surface area contributed by atoms with Crippen molar-refractivity contribution >= 4 is 0 Å². The molecule has 0 saturated carbocycles. The van der Waals surface area contributed by atoms with Crippen molar-refractivity contribution in [3.63, 3.8) is 0 Å². The molecular weight excluding hydrogens is 339 g/mol. The van der Waals surface area contributed by atoms with Gasteiger partial charge in [0.25, 0.3) is 0 Å². The van der Waals surface area contributed by atoms with Crippen LogP contribution in [0.2, 0.25) is 0 Å². The summed E-state index contributed by atoms with van der Waals surface area (Å²) in [7, 11) is 1.95. The van der Waals surface area contributed by atoms with Crippen molar-refractivity contribution < 1.29 is 8.81 Å². The zero-order chi connectivity index (χ0) is 18.1. The number of benzene rings is 1. The third kappa shape index (κ3) is 3.30. The van der Waals surface area contributed by atoms with E-state index in [0.29, 0.717) is 18.2 Å². The number of hydrogen-bond acceptors (Lipinski definition) is 6. The van der Waals surface area contributed by atoms with Crippen LogP contribution in [0.4, 0.5) is 4.39 Å². The standard InChI is InChI=1S/C17H19FN6O2/c1-22-10-19-20-15(22)12-6-8-23(9-7-12)11-24-17(25)26-16(21-24)13-2-4-14(18)5-3-13/h2-5,10,12H,6-9,11H2,1H3. The van der Waals surface area contributed by atoms with Gasteiger partial charge in [0.1, 0.15) is 24.6 Å². The Bertz CT molecular complexity index is 937. The van der Waals surface area contributed by atoms with E-state index in [1.807, 2.05) is 11.6 Å². The van der Waals surface area contributed by atoms with Gasteiger partial charge in [0.05, 0.1) is 0 Å². The molecule has 1 aromatic carbocycles. The fourth-order valence-electron chi connectivity index (χ4n) is 3.29. The smallest absolute Gasteiger partial charge is 0.388 e. The lowest BCUT2D eigenvalue weighted by atomic mass is 9.96. The van der Waals surface area contributed by atoms with Gasteiger partial charge >= 0.3 is 5.76 Å². The summed E-state index contributed by atoms with van der Waals surface area (Å²) in [6, 6.07) is 5.70. The number of hydrogen-bond donors (Lipinski definition) is 0. The van der Waals surface area contributed by atoms with Crippen LogP contribution in [-0.2, 0) is 13.7 Å². The Morgan fingerprint density at radius 3 is 2.62 bits per heavy atom. The number of rotatable bonds is 4. The van der Waals surface area contributed by atoms with Crippen molar-refractivity contribution in [1.82, 2.24) is 29.4 Å². The van der Waals surface area contributed by atoms with Crippen LogP contribution < -0.4 is 5.76 Å². The quantitative estimate of drug-likeness (QED) is 0.705. The summed E-state index contributed by atoms with van der Waals surface area (Å²) < 4.78 is 21.5. The van der Waals surface area contributed by atoms with E-state index in [9.17, 15) is 9.18 Å². The summed E-state index contributed by atoms with van der Waals surface area (Å²) in [5.41, 5.74) is 0.572. The van der Waals surface area contributed by atoms with Crippen molar-refractivity contribution in [2.75, 3.05) is 13.1 Å². The lowest BCUT2D eigenvalue weighted by Crippen LogP contribution is -2.37. The predicted octanol–water partition coefficient (Wildman–Crippen LogP) is 1.61. The molecule has 0 unspecified atom stereocenters. The fourth-order valence-corrected chi connectivity index (χ4v) is 3.29. The molecule has 4 rings (SSSR count). The second-order valence-corrected chi connectivity index (χ2v) is 6.51. The maximum absolute atomic E-state index is 13.0. The zero-order valence-electron chi connectivity index (χ0n) is 14.4. The number of aryl methyl sites for hydroxylation is 1. The molecule has 26 heavy (non-hydrogen) atoms. The highest BCUT2D eigenvalue weighted by molar-refractivity contribution is 5.51. The Labute approximate surface area is 148 Å². The molecule has 0 bridgehead atoms. The third-order valence-electron chi connectivity index (χ3n) is 4.73. The Morgan fingerprint density at radius 2 is 1.96 bits per heavy atom. The first-order valence-electron chi connectivity index (χ1n) is 8.50. The monoisotopic (exact) mass is 358 g/mol. The molecule has 1 fully saturated rings. The Hall–Kier alpha value is -2.81. The molecule has 1 aliphatic rings. The first kappa shape index (κ1) is 16.6. The lowest BCUT2D eigenvalue weighted by molar-refractivity contribution is 0.154. The zero-order valence-corrected chi connectivity index (χ0v) is 14.4. The van der Waals surface area contributed by atoms with Crippen LogP contribution in [-0.4, -0.2) is 42.5 Å². The first-order chi connectivity index (χ1) is 12.6. The maximum atomic E-state index is 13.0. The molecule has 8 nitrogen and oxygen atoms in total. The van der Waals surface area contributed by atoms with E-state index in [1.54, 1.807) is 6.33 Å². The summed E-state index contributed by atoms with van der Waals surface area (Å²) in [4.78, 5) is 14.2. The van der Waals surface area contributed by atoms with Gasteiger partial charge in [-0.05, 0) is 37.1 Å². The summed E-state index contributed by atoms with van der Waals surface area (Å²) in [6.07, 6.45) is 3.61. The van der Waals surface area contributed by atoms with Gasteiger partial charge in [0.2, 0.25) is 5.89 Å². The van der Waals surface area contributed by atoms with Crippen LogP contribution in [0.1, 0.15) is 24.6 Å². The second-order valence-electron chi connectivity index (χ2n) is 6.51. The van der Waals surface area contributed by atoms with Gasteiger partial charge in [-0.2, -0.15) is 4.68 Å². The average Bonchev–Trinajstić information content (AvgIpc) is 3.22. The summed E-state index contributed by atoms with van der Waals surface area (Å²) in [5, 5.41) is 12.4. The summed E-state index contributed by atoms with van der Waals surface area (Å²) >= 11 is 0. The normalized spacial score (nSPS) is 16.2. The van der Waals surface area contributed by atoms with E-state index >= 15 is 0 Å². The Kier molecular flexibility index (Phi) is 4.37. The molecule has 2 aromatic heterocycles. The minimum Gasteiger partial charge on any atom is -0.388 e. The van der Waals surface area contributed by atoms with Gasteiger partial charge < -0.3 is 8.98 Å². The highest BCUT2D eigenvalue weighted by Crippen LogP contribution is 2.26. The largest absolute Gasteiger partial charge is 0.438 e. The van der Waals surface area contributed by atoms with Crippen molar-refractivity contribution in [2.24, 2.45) is 7.05 Å². The molecule has 1 aliphatic heterocycles. The molecule has 0 amide bonds. The molecule has 0 radical (unpaired) electrons. The van der Waals surface area contributed by atoms with Crippen LogP contribution in [0, 0.1) is 5.82 Å². The molecule has 3 heterocycles. The van der Waals surface area contributed by atoms with E-state index in [0.717, 1.165) is 31.8 Å². The topological polar surface area (TPSA) is 82.0 Å². The van der Waals surface area contributed by atoms with Crippen LogP contribution in [0.15, 0.2) is 39.8 Å². The summed E-state index contributed by atoms with van der Waals surface area (Å²) in [6.45, 7) is 2.04. The van der Waals surface area contributed by atoms with Gasteiger partial charge in [0, 0.05) is 31.6 Å². The maximum Gasteiger partial charge on any atom is 0.438 e. The highest BCUT2D eigenvalue weighted by atomic mass is 19.1. The van der Waals surface area contributed by atoms with Crippen molar-refractivity contribution in [3.8, 4) is 11.5 Å². The minimum atomic E-state index is -0.514. The molecule has 0 spiro atoms. The van der Waals surface area contributed by atoms with E-state index in [1.165, 1.54) is 28.9 Å². The van der Waals surface area contributed by atoms with Crippen LogP contribution >= 0.6 is 0 Å². The average molecular weight is 358 g/mol. The van der Waals surface area contributed by atoms with Crippen LogP contribution in [0.3, 0.4) is 0 Å². The Morgan fingerprint density at radius 1 is 1.23 bits per heavy atom. The lowest BCUT2D eigenvalue weighted by Gasteiger charge is -2.30. The molecule has 0 aliphatic carbocycles. The molecule has 0 N–H and O–H groups in total. The number of likely N-dealkylation sites (tertiary alicyclic amines) is 1. The van der Waals surface area contributed by atoms with Gasteiger partial charge in [-0.15, -0.1) is 15.3 Å². The van der Waals surface area contributed by atoms with Crippen LogP contribution in [0.5, 0.6) is 0 Å². The number of halogens is 1. The highest BCUT2D eigenvalue weighted by Gasteiger charge is 2.24. The molecule has 0 atom stereocenters. The SMILES string of the molecule is Cn1cnnc1C1CCN(Cn2nc(-c3ccc(F)cc3)oc2=O)CC1. The van der Waals surface area contributed by atoms with E-state index in [-0.39, 0.29) is 11.7 Å². The van der Waals surface area contributed by atoms with Gasteiger partial charge in [0.15, 0.2) is 0 Å². The van der Waals surface area contributed by atoms with Crippen molar-refractivity contribution in [3.05, 3.63) is 52.8 Å². The molecule has 1 saturated heterocycles. The van der Waals surface area contributed by atoms with Crippen molar-refractivity contribution in [2.45, 2.75) is 25.4 Å². The van der Waals surface area contributed by atoms with E-state index in [2.05, 4.69) is 20.2 Å². The number of aromatic nitrogens is 5. The third-order valence-corrected chi connectivity index (χ3v) is 4.73. The van der Waals surface area contributed by atoms with Gasteiger partial charge in [-0.25, -0.2) is 9.18 Å². The van der Waals surface area contributed by atoms with E-state index in [4.69, 9.17) is 4.42 Å². The van der Waals surface area contributed by atoms with Crippen LogP contribution in [0.25, 0.3) is 11.5 Å². The second kappa shape index (κ2) is 6.83. The van der Waals surface area contributed by atoms with Crippen molar-refractivity contribution in [1.29, 1.82) is 0 Å². The first-order valence-corrected chi connectivity index (χ1v) is 8.50. The summed E-state index contributed by atoms with van der Waals surface area (Å²) in [5.74, 6) is 0.717. The van der Waals surface area contributed by atoms with Gasteiger partial charge in [-0.1, -0.05) is 0 Å². The fraction of sp³-hybridized carbons (Fsp3) is 0.412. The molecule has 136 valence electrons. The Balaban J connectivity index is 1.42. The number of piperidine rings is 1. The van der Waals surface area contributed by atoms with E-state index < -0.39 is 5.76 Å². The molecular formula is C17H19FN6O2. The van der Waals surface area contributed by atoms with Gasteiger partial charge in [-0.3, -0.25) is 4.90 Å². The predicted molar refractivity (Wildman–Crippen MR) is 90.7 cm³/mol. The number of nitrogens with zero attached hydrogens (tertiary/aromatic N) is 6.